The van der Waals surface area contributed by atoms with Crippen molar-refractivity contribution in [2.75, 3.05) is 13.1 Å². The average Bonchev–Trinajstić information content (AvgIpc) is 3.34. The maximum atomic E-state index is 11.8. The molecular weight excluding hydrogens is 510 g/mol. The SMILES string of the molecule is O=c1[nH]c2c(O)ccc(C(O)(O)CNCCc3cccc(-c4cccc(CNCc5ccccc5)c4)c3)c2s1. The second-order valence-corrected chi connectivity index (χ2v) is 10.6. The van der Waals surface area contributed by atoms with Crippen molar-refractivity contribution in [3.8, 4) is 16.9 Å². The normalized spacial score (nSPS) is 11.7. The van der Waals surface area contributed by atoms with Crippen molar-refractivity contribution >= 4 is 21.6 Å². The molecule has 0 atom stereocenters. The first-order chi connectivity index (χ1) is 18.9. The topological polar surface area (TPSA) is 118 Å². The molecule has 0 aliphatic carbocycles. The summed E-state index contributed by atoms with van der Waals surface area (Å²) in [5, 5.41) is 38.0. The minimum absolute atomic E-state index is 0.107. The summed E-state index contributed by atoms with van der Waals surface area (Å²) in [5.74, 6) is -2.31. The molecule has 0 saturated heterocycles. The first kappa shape index (κ1) is 26.8. The van der Waals surface area contributed by atoms with Gasteiger partial charge in [-0.1, -0.05) is 84.1 Å². The van der Waals surface area contributed by atoms with Gasteiger partial charge in [0.05, 0.1) is 11.2 Å². The maximum absolute atomic E-state index is 11.8. The van der Waals surface area contributed by atoms with Crippen molar-refractivity contribution in [1.82, 2.24) is 15.6 Å². The molecule has 1 aromatic heterocycles. The van der Waals surface area contributed by atoms with Crippen LogP contribution >= 0.6 is 11.3 Å². The minimum Gasteiger partial charge on any atom is -0.506 e. The number of thiazole rings is 1. The van der Waals surface area contributed by atoms with Crippen LogP contribution in [-0.2, 0) is 25.3 Å². The molecule has 0 radical (unpaired) electrons. The van der Waals surface area contributed by atoms with Crippen LogP contribution in [0.25, 0.3) is 21.3 Å². The number of nitrogens with one attached hydrogen (secondary N) is 3. The van der Waals surface area contributed by atoms with Gasteiger partial charge >= 0.3 is 4.87 Å². The molecule has 6 N–H and O–H groups in total. The molecule has 5 rings (SSSR count). The summed E-state index contributed by atoms with van der Waals surface area (Å²) >= 11 is 0.837. The molecule has 1 heterocycles. The highest BCUT2D eigenvalue weighted by Crippen LogP contribution is 2.33. The molecule has 7 nitrogen and oxygen atoms in total. The Morgan fingerprint density at radius 1 is 0.769 bits per heavy atom. The van der Waals surface area contributed by atoms with E-state index in [1.165, 1.54) is 23.3 Å². The zero-order chi connectivity index (χ0) is 27.2. The summed E-state index contributed by atoms with van der Waals surface area (Å²) in [7, 11) is 0. The number of phenols is 1. The van der Waals surface area contributed by atoms with Crippen LogP contribution in [0.2, 0.25) is 0 Å². The van der Waals surface area contributed by atoms with Gasteiger partial charge in [-0.15, -0.1) is 0 Å². The van der Waals surface area contributed by atoms with Crippen molar-refractivity contribution in [1.29, 1.82) is 0 Å². The van der Waals surface area contributed by atoms with Crippen molar-refractivity contribution < 1.29 is 15.3 Å². The van der Waals surface area contributed by atoms with Gasteiger partial charge in [0, 0.05) is 18.7 Å². The summed E-state index contributed by atoms with van der Waals surface area (Å²) in [4.78, 5) is 13.9. The quantitative estimate of drug-likeness (QED) is 0.110. The average molecular weight is 542 g/mol. The number of hydrogen-bond acceptors (Lipinski definition) is 7. The third kappa shape index (κ3) is 6.62. The van der Waals surface area contributed by atoms with E-state index in [0.717, 1.165) is 41.1 Å². The van der Waals surface area contributed by atoms with Crippen LogP contribution in [0.5, 0.6) is 5.75 Å². The van der Waals surface area contributed by atoms with Gasteiger partial charge in [-0.05, 0) is 59.0 Å². The third-order valence-electron chi connectivity index (χ3n) is 6.64. The second-order valence-electron chi connectivity index (χ2n) is 9.58. The number of hydrogen-bond donors (Lipinski definition) is 6. The number of H-pyrrole nitrogens is 1. The molecule has 0 fully saturated rings. The lowest BCUT2D eigenvalue weighted by Crippen LogP contribution is -2.38. The summed E-state index contributed by atoms with van der Waals surface area (Å²) in [6.45, 7) is 2.00. The Balaban J connectivity index is 1.17. The van der Waals surface area contributed by atoms with Crippen LogP contribution in [0.1, 0.15) is 22.3 Å². The van der Waals surface area contributed by atoms with Gasteiger partial charge in [0.2, 0.25) is 5.79 Å². The fourth-order valence-corrected chi connectivity index (χ4v) is 5.58. The molecule has 0 aliphatic rings. The molecule has 4 aromatic carbocycles. The van der Waals surface area contributed by atoms with Crippen LogP contribution < -0.4 is 15.5 Å². The van der Waals surface area contributed by atoms with E-state index >= 15 is 0 Å². The fourth-order valence-electron chi connectivity index (χ4n) is 4.64. The third-order valence-corrected chi connectivity index (χ3v) is 7.55. The predicted octanol–water partition coefficient (Wildman–Crippen LogP) is 4.22. The van der Waals surface area contributed by atoms with Crippen LogP contribution in [0.15, 0.2) is 95.8 Å². The standard InChI is InChI=1S/C31H31N3O4S/c35-27-13-12-26(29-28(27)34-30(36)39-29)31(37,38)20-32-15-14-21-8-4-10-24(16-21)25-11-5-9-23(17-25)19-33-18-22-6-2-1-3-7-22/h1-13,16-17,32-33,35,37-38H,14-15,18-20H2,(H,34,36). The molecule has 39 heavy (non-hydrogen) atoms. The van der Waals surface area contributed by atoms with Gasteiger partial charge in [0.15, 0.2) is 0 Å². The van der Waals surface area contributed by atoms with Crippen molar-refractivity contribution in [3.63, 3.8) is 0 Å². The minimum atomic E-state index is -2.20. The van der Waals surface area contributed by atoms with Crippen LogP contribution in [0.3, 0.4) is 0 Å². The van der Waals surface area contributed by atoms with Gasteiger partial charge in [0.25, 0.3) is 0 Å². The number of aromatic amines is 1. The Morgan fingerprint density at radius 2 is 1.44 bits per heavy atom. The molecule has 0 aliphatic heterocycles. The van der Waals surface area contributed by atoms with Gasteiger partial charge < -0.3 is 30.9 Å². The monoisotopic (exact) mass is 541 g/mol. The molecule has 8 heteroatoms. The van der Waals surface area contributed by atoms with E-state index in [4.69, 9.17) is 0 Å². The van der Waals surface area contributed by atoms with E-state index in [1.807, 2.05) is 24.3 Å². The maximum Gasteiger partial charge on any atom is 0.305 e. The number of aromatic hydroxyl groups is 1. The summed E-state index contributed by atoms with van der Waals surface area (Å²) in [5.41, 5.74) is 6.26. The Labute approximate surface area is 230 Å². The molecule has 0 amide bonds. The first-order valence-electron chi connectivity index (χ1n) is 12.8. The Hall–Kier alpha value is -3.79. The van der Waals surface area contributed by atoms with Crippen LogP contribution in [-0.4, -0.2) is 33.4 Å². The summed E-state index contributed by atoms with van der Waals surface area (Å²) in [6.07, 6.45) is 0.699. The molecule has 0 saturated carbocycles. The molecule has 5 aromatic rings. The summed E-state index contributed by atoms with van der Waals surface area (Å²) < 4.78 is 0.331. The highest BCUT2D eigenvalue weighted by atomic mass is 32.1. The van der Waals surface area contributed by atoms with E-state index < -0.39 is 5.79 Å². The van der Waals surface area contributed by atoms with E-state index in [-0.39, 0.29) is 28.2 Å². The van der Waals surface area contributed by atoms with Crippen molar-refractivity contribution in [3.05, 3.63) is 123 Å². The highest BCUT2D eigenvalue weighted by molar-refractivity contribution is 7.16. The number of aromatic nitrogens is 1. The van der Waals surface area contributed by atoms with Crippen LogP contribution in [0, 0.1) is 0 Å². The lowest BCUT2D eigenvalue weighted by Gasteiger charge is -2.23. The van der Waals surface area contributed by atoms with Crippen molar-refractivity contribution in [2.45, 2.75) is 25.3 Å². The Morgan fingerprint density at radius 3 is 2.21 bits per heavy atom. The number of fused-ring (bicyclic) bond motifs is 1. The lowest BCUT2D eigenvalue weighted by molar-refractivity contribution is -0.164. The zero-order valence-corrected chi connectivity index (χ0v) is 22.2. The number of aliphatic hydroxyl groups is 2. The number of rotatable bonds is 11. The van der Waals surface area contributed by atoms with Gasteiger partial charge in [-0.2, -0.15) is 0 Å². The number of benzene rings is 4. The largest absolute Gasteiger partial charge is 0.506 e. The van der Waals surface area contributed by atoms with E-state index in [1.54, 1.807) is 0 Å². The smallest absolute Gasteiger partial charge is 0.305 e. The zero-order valence-electron chi connectivity index (χ0n) is 21.4. The molecular formula is C31H31N3O4S. The summed E-state index contributed by atoms with van der Waals surface area (Å²) in [6, 6.07) is 30.0. The first-order valence-corrected chi connectivity index (χ1v) is 13.6. The number of phenolic OH excluding ortho intramolecular Hbond substituents is 1. The highest BCUT2D eigenvalue weighted by Gasteiger charge is 2.29. The molecule has 0 bridgehead atoms. The van der Waals surface area contributed by atoms with Gasteiger partial charge in [-0.3, -0.25) is 4.79 Å². The van der Waals surface area contributed by atoms with Crippen LogP contribution in [0.4, 0.5) is 0 Å². The molecule has 0 spiro atoms. The van der Waals surface area contributed by atoms with Gasteiger partial charge in [0.1, 0.15) is 11.3 Å². The second kappa shape index (κ2) is 11.9. The van der Waals surface area contributed by atoms with E-state index in [9.17, 15) is 20.1 Å². The lowest BCUT2D eigenvalue weighted by atomic mass is 10.00. The van der Waals surface area contributed by atoms with E-state index in [2.05, 4.69) is 70.2 Å². The van der Waals surface area contributed by atoms with Crippen molar-refractivity contribution in [2.24, 2.45) is 0 Å². The molecule has 200 valence electrons. The Bertz CT molecular complexity index is 1610. The molecule has 0 unspecified atom stereocenters. The predicted molar refractivity (Wildman–Crippen MR) is 156 cm³/mol. The van der Waals surface area contributed by atoms with Gasteiger partial charge in [-0.25, -0.2) is 0 Å². The Kier molecular flexibility index (Phi) is 8.21. The van der Waals surface area contributed by atoms with E-state index in [0.29, 0.717) is 17.7 Å². The fraction of sp³-hybridized carbons (Fsp3) is 0.194.